The fourth-order valence-corrected chi connectivity index (χ4v) is 5.48. The molecule has 4 heteroatoms. The fourth-order valence-electron chi connectivity index (χ4n) is 5.48. The van der Waals surface area contributed by atoms with Crippen molar-refractivity contribution in [3.63, 3.8) is 0 Å². The van der Waals surface area contributed by atoms with Crippen molar-refractivity contribution in [3.8, 4) is 0 Å². The lowest BCUT2D eigenvalue weighted by Crippen LogP contribution is -2.45. The Morgan fingerprint density at radius 3 is 2.35 bits per heavy atom. The summed E-state index contributed by atoms with van der Waals surface area (Å²) in [6, 6.07) is -0.0513. The molecule has 4 nitrogen and oxygen atoms in total. The quantitative estimate of drug-likeness (QED) is 0.916. The zero-order valence-corrected chi connectivity index (χ0v) is 12.3. The number of rotatable bonds is 4. The van der Waals surface area contributed by atoms with Gasteiger partial charge < -0.3 is 10.3 Å². The van der Waals surface area contributed by atoms with E-state index >= 15 is 0 Å². The normalized spacial score (nSPS) is 40.2. The summed E-state index contributed by atoms with van der Waals surface area (Å²) in [7, 11) is 0. The third-order valence-corrected chi connectivity index (χ3v) is 6.11. The van der Waals surface area contributed by atoms with Crippen LogP contribution in [0.5, 0.6) is 0 Å². The van der Waals surface area contributed by atoms with Crippen LogP contribution in [0.15, 0.2) is 4.52 Å². The van der Waals surface area contributed by atoms with Crippen LogP contribution in [0.25, 0.3) is 0 Å². The first kappa shape index (κ1) is 12.8. The summed E-state index contributed by atoms with van der Waals surface area (Å²) in [5, 5.41) is 3.96. The molecule has 1 heterocycles. The Morgan fingerprint density at radius 2 is 1.80 bits per heavy atom. The molecule has 1 aromatic heterocycles. The monoisotopic (exact) mass is 275 g/mol. The van der Waals surface area contributed by atoms with Crippen LogP contribution in [0.1, 0.15) is 62.7 Å². The average molecular weight is 275 g/mol. The number of aryl methyl sites for hydroxylation is 1. The fraction of sp³-hybridized carbons (Fsp3) is 0.875. The maximum atomic E-state index is 6.23. The Hall–Kier alpha value is -0.900. The molecule has 0 radical (unpaired) electrons. The summed E-state index contributed by atoms with van der Waals surface area (Å²) in [5.74, 6) is 6.32. The van der Waals surface area contributed by atoms with Crippen LogP contribution in [0.4, 0.5) is 0 Å². The molecule has 0 aliphatic heterocycles. The molecule has 1 aromatic rings. The number of nitrogens with two attached hydrogens (primary N) is 1. The minimum Gasteiger partial charge on any atom is -0.340 e. The first-order valence-corrected chi connectivity index (χ1v) is 8.25. The number of hydrogen-bond donors (Lipinski definition) is 1. The average Bonchev–Trinajstić information content (AvgIpc) is 2.83. The maximum absolute atomic E-state index is 6.23. The van der Waals surface area contributed by atoms with Crippen LogP contribution < -0.4 is 5.73 Å². The smallest absolute Gasteiger partial charge is 0.223 e. The molecule has 0 saturated heterocycles. The van der Waals surface area contributed by atoms with Crippen LogP contribution in [-0.2, 0) is 0 Å². The molecular weight excluding hydrogens is 250 g/mol. The van der Waals surface area contributed by atoms with Crippen molar-refractivity contribution in [2.45, 2.75) is 57.9 Å². The van der Waals surface area contributed by atoms with Gasteiger partial charge in [0.15, 0.2) is 5.82 Å². The molecule has 0 spiro atoms. The summed E-state index contributed by atoms with van der Waals surface area (Å²) < 4.78 is 5.03. The second-order valence-corrected chi connectivity index (χ2v) is 7.45. The molecule has 2 N–H and O–H groups in total. The van der Waals surface area contributed by atoms with E-state index in [4.69, 9.17) is 10.3 Å². The van der Waals surface area contributed by atoms with Crippen molar-refractivity contribution < 1.29 is 4.52 Å². The van der Waals surface area contributed by atoms with E-state index in [9.17, 15) is 0 Å². The minimum absolute atomic E-state index is 0.0513. The molecule has 0 amide bonds. The third kappa shape index (κ3) is 2.18. The SMILES string of the molecule is Cc1nc(C(N)CCC2C3CC4CC(C3)CC2C4)no1. The molecule has 1 unspecified atom stereocenters. The molecule has 4 bridgehead atoms. The molecule has 1 atom stereocenters. The zero-order chi connectivity index (χ0) is 13.7. The minimum atomic E-state index is -0.0513. The highest BCUT2D eigenvalue weighted by Gasteiger charge is 2.47. The van der Waals surface area contributed by atoms with Gasteiger partial charge in [-0.05, 0) is 74.5 Å². The lowest BCUT2D eigenvalue weighted by Gasteiger charge is -2.54. The number of nitrogens with zero attached hydrogens (tertiary/aromatic N) is 2. The van der Waals surface area contributed by atoms with E-state index < -0.39 is 0 Å². The Kier molecular flexibility index (Phi) is 3.09. The van der Waals surface area contributed by atoms with Crippen LogP contribution in [-0.4, -0.2) is 10.1 Å². The van der Waals surface area contributed by atoms with Gasteiger partial charge >= 0.3 is 0 Å². The Morgan fingerprint density at radius 1 is 1.15 bits per heavy atom. The van der Waals surface area contributed by atoms with Crippen molar-refractivity contribution >= 4 is 0 Å². The predicted molar refractivity (Wildman–Crippen MR) is 75.7 cm³/mol. The van der Waals surface area contributed by atoms with E-state index in [-0.39, 0.29) is 6.04 Å². The molecule has 4 aliphatic carbocycles. The van der Waals surface area contributed by atoms with Gasteiger partial charge in [-0.2, -0.15) is 4.98 Å². The van der Waals surface area contributed by atoms with Crippen molar-refractivity contribution in [2.75, 3.05) is 0 Å². The first-order valence-electron chi connectivity index (χ1n) is 8.25. The lowest BCUT2D eigenvalue weighted by atomic mass is 9.51. The summed E-state index contributed by atoms with van der Waals surface area (Å²) in [5.41, 5.74) is 6.23. The van der Waals surface area contributed by atoms with Crippen molar-refractivity contribution in [1.82, 2.24) is 10.1 Å². The number of aromatic nitrogens is 2. The van der Waals surface area contributed by atoms with Crippen molar-refractivity contribution in [3.05, 3.63) is 11.7 Å². The molecule has 4 fully saturated rings. The van der Waals surface area contributed by atoms with Gasteiger partial charge in [0.25, 0.3) is 0 Å². The molecule has 110 valence electrons. The highest BCUT2D eigenvalue weighted by atomic mass is 16.5. The molecule has 20 heavy (non-hydrogen) atoms. The second kappa shape index (κ2) is 4.83. The van der Waals surface area contributed by atoms with E-state index in [0.717, 1.165) is 36.0 Å². The highest BCUT2D eigenvalue weighted by Crippen LogP contribution is 2.57. The Labute approximate surface area is 120 Å². The van der Waals surface area contributed by atoms with Gasteiger partial charge in [0.05, 0.1) is 6.04 Å². The molecule has 4 saturated carbocycles. The van der Waals surface area contributed by atoms with E-state index in [2.05, 4.69) is 10.1 Å². The number of hydrogen-bond acceptors (Lipinski definition) is 4. The summed E-state index contributed by atoms with van der Waals surface area (Å²) in [6.45, 7) is 1.82. The standard InChI is InChI=1S/C16H25N3O/c1-9-18-16(19-20-9)15(17)3-2-14-12-5-10-4-11(7-12)8-13(14)6-10/h10-15H,2-8,17H2,1H3. The Bertz CT molecular complexity index is 456. The van der Waals surface area contributed by atoms with Gasteiger partial charge in [-0.1, -0.05) is 5.16 Å². The van der Waals surface area contributed by atoms with E-state index in [1.54, 1.807) is 0 Å². The third-order valence-electron chi connectivity index (χ3n) is 6.11. The maximum Gasteiger partial charge on any atom is 0.223 e. The van der Waals surface area contributed by atoms with Crippen LogP contribution >= 0.6 is 0 Å². The van der Waals surface area contributed by atoms with Crippen LogP contribution in [0.2, 0.25) is 0 Å². The van der Waals surface area contributed by atoms with Crippen LogP contribution in [0, 0.1) is 36.5 Å². The predicted octanol–water partition coefficient (Wildman–Crippen LogP) is 3.23. The summed E-state index contributed by atoms with van der Waals surface area (Å²) in [6.07, 6.45) is 9.77. The molecule has 5 rings (SSSR count). The topological polar surface area (TPSA) is 64.9 Å². The van der Waals surface area contributed by atoms with Crippen LogP contribution in [0.3, 0.4) is 0 Å². The van der Waals surface area contributed by atoms with Gasteiger partial charge in [0.1, 0.15) is 0 Å². The van der Waals surface area contributed by atoms with Gasteiger partial charge in [-0.3, -0.25) is 0 Å². The van der Waals surface area contributed by atoms with Gasteiger partial charge in [-0.25, -0.2) is 0 Å². The largest absolute Gasteiger partial charge is 0.340 e. The molecule has 0 aromatic carbocycles. The second-order valence-electron chi connectivity index (χ2n) is 7.45. The van der Waals surface area contributed by atoms with E-state index in [1.807, 2.05) is 6.92 Å². The molecule has 4 aliphatic rings. The summed E-state index contributed by atoms with van der Waals surface area (Å²) >= 11 is 0. The Balaban J connectivity index is 1.38. The van der Waals surface area contributed by atoms with Crippen molar-refractivity contribution in [2.24, 2.45) is 35.3 Å². The zero-order valence-electron chi connectivity index (χ0n) is 12.3. The summed E-state index contributed by atoms with van der Waals surface area (Å²) in [4.78, 5) is 4.26. The highest BCUT2D eigenvalue weighted by molar-refractivity contribution is 4.99. The lowest BCUT2D eigenvalue weighted by molar-refractivity contribution is -0.0409. The van der Waals surface area contributed by atoms with Gasteiger partial charge in [0, 0.05) is 6.92 Å². The van der Waals surface area contributed by atoms with Gasteiger partial charge in [-0.15, -0.1) is 0 Å². The van der Waals surface area contributed by atoms with E-state index in [1.165, 1.54) is 38.5 Å². The van der Waals surface area contributed by atoms with Crippen molar-refractivity contribution in [1.29, 1.82) is 0 Å². The molecular formula is C16H25N3O. The van der Waals surface area contributed by atoms with E-state index in [0.29, 0.717) is 11.7 Å². The first-order chi connectivity index (χ1) is 9.69. The van der Waals surface area contributed by atoms with Gasteiger partial charge in [0.2, 0.25) is 5.89 Å².